The van der Waals surface area contributed by atoms with E-state index in [1.807, 2.05) is 54.7 Å². The van der Waals surface area contributed by atoms with Crippen molar-refractivity contribution in [3.8, 4) is 39.7 Å². The van der Waals surface area contributed by atoms with Gasteiger partial charge in [-0.15, -0.1) is 5.10 Å². The summed E-state index contributed by atoms with van der Waals surface area (Å²) in [7, 11) is 1.66. The zero-order chi connectivity index (χ0) is 20.5. The Morgan fingerprint density at radius 2 is 1.63 bits per heavy atom. The Hall–Kier alpha value is -4.19. The Kier molecular flexibility index (Phi) is 4.37. The maximum absolute atomic E-state index is 9.47. The zero-order valence-electron chi connectivity index (χ0n) is 16.2. The molecule has 0 spiro atoms. The highest BCUT2D eigenvalue weighted by atomic mass is 16.5. The fraction of sp³-hybridized carbons (Fsp3) is 0.0417. The van der Waals surface area contributed by atoms with Crippen molar-refractivity contribution in [2.24, 2.45) is 0 Å². The number of hydrogen-bond acceptors (Lipinski definition) is 5. The fourth-order valence-electron chi connectivity index (χ4n) is 3.41. The summed E-state index contributed by atoms with van der Waals surface area (Å²) in [6.07, 6.45) is 1.83. The molecule has 2 aromatic heterocycles. The highest BCUT2D eigenvalue weighted by Gasteiger charge is 2.11. The number of aromatic hydroxyl groups is 1. The number of ether oxygens (including phenoxy) is 1. The lowest BCUT2D eigenvalue weighted by Crippen LogP contribution is -1.93. The van der Waals surface area contributed by atoms with Gasteiger partial charge in [-0.3, -0.25) is 0 Å². The van der Waals surface area contributed by atoms with Gasteiger partial charge in [0.05, 0.1) is 30.2 Å². The molecule has 2 heterocycles. The predicted molar refractivity (Wildman–Crippen MR) is 116 cm³/mol. The van der Waals surface area contributed by atoms with Crippen LogP contribution in [-0.4, -0.2) is 32.2 Å². The molecule has 0 radical (unpaired) electrons. The number of rotatable bonds is 4. The number of fused-ring (bicyclic) bond motifs is 1. The van der Waals surface area contributed by atoms with Gasteiger partial charge in [0.25, 0.3) is 0 Å². The Labute approximate surface area is 173 Å². The van der Waals surface area contributed by atoms with E-state index in [4.69, 9.17) is 9.72 Å². The number of phenolic OH excluding ortho intramolecular Hbond substituents is 1. The number of benzene rings is 3. The maximum Gasteiger partial charge on any atom is 0.131 e. The number of pyridine rings is 1. The Morgan fingerprint density at radius 3 is 2.40 bits per heavy atom. The number of methoxy groups -OCH3 is 1. The standard InChI is InChI=1S/C24H18N4O2/c1-30-20-12-5-16(6-13-20)21-4-2-3-17-7-14-22(25-24(17)21)23-15-28(27-26-23)18-8-10-19(29)11-9-18/h2-15,29H,1H3. The van der Waals surface area contributed by atoms with E-state index < -0.39 is 0 Å². The third kappa shape index (κ3) is 3.24. The van der Waals surface area contributed by atoms with Gasteiger partial charge in [-0.2, -0.15) is 0 Å². The van der Waals surface area contributed by atoms with Crippen molar-refractivity contribution in [3.05, 3.63) is 85.1 Å². The van der Waals surface area contributed by atoms with Crippen LogP contribution in [0.5, 0.6) is 11.5 Å². The number of nitrogens with zero attached hydrogens (tertiary/aromatic N) is 4. The predicted octanol–water partition coefficient (Wildman–Crippen LogP) is 4.86. The molecule has 0 saturated carbocycles. The van der Waals surface area contributed by atoms with Gasteiger partial charge in [0.15, 0.2) is 0 Å². The molecule has 0 atom stereocenters. The molecule has 0 aliphatic carbocycles. The summed E-state index contributed by atoms with van der Waals surface area (Å²) in [6, 6.07) is 24.9. The lowest BCUT2D eigenvalue weighted by Gasteiger charge is -2.08. The van der Waals surface area contributed by atoms with Gasteiger partial charge >= 0.3 is 0 Å². The summed E-state index contributed by atoms with van der Waals surface area (Å²) >= 11 is 0. The van der Waals surface area contributed by atoms with E-state index >= 15 is 0 Å². The molecule has 3 aromatic carbocycles. The van der Waals surface area contributed by atoms with Crippen LogP contribution in [-0.2, 0) is 0 Å². The zero-order valence-corrected chi connectivity index (χ0v) is 16.2. The molecule has 5 aromatic rings. The molecule has 146 valence electrons. The molecule has 0 aliphatic heterocycles. The van der Waals surface area contributed by atoms with Crippen molar-refractivity contribution in [2.45, 2.75) is 0 Å². The summed E-state index contributed by atoms with van der Waals surface area (Å²) < 4.78 is 6.93. The summed E-state index contributed by atoms with van der Waals surface area (Å²) in [6.45, 7) is 0. The molecule has 1 N–H and O–H groups in total. The average molecular weight is 394 g/mol. The third-order valence-electron chi connectivity index (χ3n) is 4.99. The second kappa shape index (κ2) is 7.33. The largest absolute Gasteiger partial charge is 0.508 e. The van der Waals surface area contributed by atoms with E-state index in [1.54, 1.807) is 36.1 Å². The monoisotopic (exact) mass is 394 g/mol. The van der Waals surface area contributed by atoms with Crippen molar-refractivity contribution in [1.82, 2.24) is 20.0 Å². The van der Waals surface area contributed by atoms with Crippen LogP contribution < -0.4 is 4.74 Å². The Bertz CT molecular complexity index is 1330. The topological polar surface area (TPSA) is 73.1 Å². The van der Waals surface area contributed by atoms with Gasteiger partial charge in [0, 0.05) is 10.9 Å². The smallest absolute Gasteiger partial charge is 0.131 e. The molecule has 30 heavy (non-hydrogen) atoms. The second-order valence-electron chi connectivity index (χ2n) is 6.87. The van der Waals surface area contributed by atoms with E-state index in [-0.39, 0.29) is 5.75 Å². The molecule has 6 nitrogen and oxygen atoms in total. The van der Waals surface area contributed by atoms with Gasteiger partial charge in [-0.1, -0.05) is 41.6 Å². The van der Waals surface area contributed by atoms with Crippen LogP contribution in [0.25, 0.3) is 39.1 Å². The normalized spacial score (nSPS) is 11.0. The van der Waals surface area contributed by atoms with Gasteiger partial charge in [-0.25, -0.2) is 9.67 Å². The van der Waals surface area contributed by atoms with E-state index in [9.17, 15) is 5.11 Å². The first-order valence-electron chi connectivity index (χ1n) is 9.47. The quantitative estimate of drug-likeness (QED) is 0.471. The maximum atomic E-state index is 9.47. The SMILES string of the molecule is COc1ccc(-c2cccc3ccc(-c4cn(-c5ccc(O)cc5)nn4)nc23)cc1. The average Bonchev–Trinajstić information content (AvgIpc) is 3.29. The van der Waals surface area contributed by atoms with Gasteiger partial charge in [0.2, 0.25) is 0 Å². The summed E-state index contributed by atoms with van der Waals surface area (Å²) in [5.41, 5.74) is 5.25. The first-order chi connectivity index (χ1) is 14.7. The van der Waals surface area contributed by atoms with Crippen molar-refractivity contribution >= 4 is 10.9 Å². The first-order valence-corrected chi connectivity index (χ1v) is 9.47. The van der Waals surface area contributed by atoms with Crippen LogP contribution in [0.2, 0.25) is 0 Å². The van der Waals surface area contributed by atoms with Crippen LogP contribution in [0.4, 0.5) is 0 Å². The van der Waals surface area contributed by atoms with Gasteiger partial charge < -0.3 is 9.84 Å². The summed E-state index contributed by atoms with van der Waals surface area (Å²) in [5, 5.41) is 19.0. The number of hydrogen-bond donors (Lipinski definition) is 1. The lowest BCUT2D eigenvalue weighted by atomic mass is 10.0. The van der Waals surface area contributed by atoms with Crippen molar-refractivity contribution in [3.63, 3.8) is 0 Å². The van der Waals surface area contributed by atoms with Crippen LogP contribution in [0.1, 0.15) is 0 Å². The van der Waals surface area contributed by atoms with Crippen LogP contribution >= 0.6 is 0 Å². The lowest BCUT2D eigenvalue weighted by molar-refractivity contribution is 0.415. The van der Waals surface area contributed by atoms with Gasteiger partial charge in [0.1, 0.15) is 17.2 Å². The molecular weight excluding hydrogens is 376 g/mol. The minimum atomic E-state index is 0.210. The van der Waals surface area contributed by atoms with E-state index in [0.717, 1.165) is 39.2 Å². The molecule has 0 amide bonds. The molecule has 0 bridgehead atoms. The number of aromatic nitrogens is 4. The summed E-state index contributed by atoms with van der Waals surface area (Å²) in [4.78, 5) is 4.90. The van der Waals surface area contributed by atoms with Crippen LogP contribution in [0.15, 0.2) is 85.1 Å². The molecule has 0 unspecified atom stereocenters. The van der Waals surface area contributed by atoms with E-state index in [0.29, 0.717) is 5.69 Å². The van der Waals surface area contributed by atoms with E-state index in [1.165, 1.54) is 0 Å². The Balaban J connectivity index is 1.57. The van der Waals surface area contributed by atoms with Crippen molar-refractivity contribution in [1.29, 1.82) is 0 Å². The highest BCUT2D eigenvalue weighted by Crippen LogP contribution is 2.30. The minimum absolute atomic E-state index is 0.210. The first kappa shape index (κ1) is 17.9. The summed E-state index contributed by atoms with van der Waals surface area (Å²) in [5.74, 6) is 1.03. The number of para-hydroxylation sites is 1. The minimum Gasteiger partial charge on any atom is -0.508 e. The van der Waals surface area contributed by atoms with Crippen molar-refractivity contribution < 1.29 is 9.84 Å². The molecule has 5 rings (SSSR count). The molecule has 0 aliphatic rings. The number of phenols is 1. The fourth-order valence-corrected chi connectivity index (χ4v) is 3.41. The van der Waals surface area contributed by atoms with Crippen LogP contribution in [0.3, 0.4) is 0 Å². The molecule has 0 fully saturated rings. The van der Waals surface area contributed by atoms with Crippen LogP contribution in [0, 0.1) is 0 Å². The van der Waals surface area contributed by atoms with Crippen molar-refractivity contribution in [2.75, 3.05) is 7.11 Å². The second-order valence-corrected chi connectivity index (χ2v) is 6.87. The highest BCUT2D eigenvalue weighted by molar-refractivity contribution is 5.94. The van der Waals surface area contributed by atoms with E-state index in [2.05, 4.69) is 16.4 Å². The Morgan fingerprint density at radius 1 is 0.833 bits per heavy atom. The molecule has 6 heteroatoms. The molecular formula is C24H18N4O2. The van der Waals surface area contributed by atoms with Gasteiger partial charge in [-0.05, 0) is 48.0 Å². The molecule has 0 saturated heterocycles. The third-order valence-corrected chi connectivity index (χ3v) is 4.99.